The highest BCUT2D eigenvalue weighted by molar-refractivity contribution is 5.18. The second kappa shape index (κ2) is 23.1. The highest BCUT2D eigenvalue weighted by atomic mass is 16.3. The van der Waals surface area contributed by atoms with E-state index in [1.54, 1.807) is 24.3 Å². The van der Waals surface area contributed by atoms with Crippen molar-refractivity contribution in [2.75, 3.05) is 0 Å². The van der Waals surface area contributed by atoms with Gasteiger partial charge in [-0.3, -0.25) is 0 Å². The first-order chi connectivity index (χ1) is 9.79. The Labute approximate surface area is 126 Å². The molecule has 1 fully saturated rings. The first-order valence-corrected chi connectivity index (χ1v) is 8.21. The second-order valence-electron chi connectivity index (χ2n) is 3.63. The molecule has 0 aromatic heterocycles. The van der Waals surface area contributed by atoms with Gasteiger partial charge >= 0.3 is 0 Å². The van der Waals surface area contributed by atoms with Crippen LogP contribution in [-0.4, -0.2) is 16.3 Å². The fraction of sp³-hybridized carbons (Fsp3) is 0.667. The first kappa shape index (κ1) is 24.0. The molecule has 0 aliphatic heterocycles. The van der Waals surface area contributed by atoms with E-state index in [0.717, 1.165) is 12.8 Å². The van der Waals surface area contributed by atoms with Gasteiger partial charge in [0.2, 0.25) is 0 Å². The summed E-state index contributed by atoms with van der Waals surface area (Å²) < 4.78 is 0. The monoisotopic (exact) mass is 284 g/mol. The molecule has 1 aliphatic carbocycles. The maximum Gasteiger partial charge on any atom is 0.115 e. The van der Waals surface area contributed by atoms with E-state index in [9.17, 15) is 0 Å². The summed E-state index contributed by atoms with van der Waals surface area (Å²) in [5.41, 5.74) is 0. The molecule has 0 atom stereocenters. The molecule has 0 bridgehead atoms. The Morgan fingerprint density at radius 1 is 0.750 bits per heavy atom. The van der Waals surface area contributed by atoms with E-state index in [0.29, 0.717) is 5.75 Å². The highest BCUT2D eigenvalue weighted by Crippen LogP contribution is 2.16. The van der Waals surface area contributed by atoms with Crippen molar-refractivity contribution in [1.29, 1.82) is 0 Å². The molecule has 2 heteroatoms. The third kappa shape index (κ3) is 19.3. The number of benzene rings is 1. The number of phenolic OH excluding ortho intramolecular Hbond substituents is 1. The molecular weight excluding hydrogens is 248 g/mol. The minimum absolute atomic E-state index is 0.0359. The number of rotatable bonds is 0. The molecule has 2 N–H and O–H groups in total. The van der Waals surface area contributed by atoms with Crippen LogP contribution in [0.5, 0.6) is 5.75 Å². The van der Waals surface area contributed by atoms with Crippen LogP contribution >= 0.6 is 0 Å². The normalized spacial score (nSPS) is 12.8. The van der Waals surface area contributed by atoms with Gasteiger partial charge in [-0.05, 0) is 25.0 Å². The lowest BCUT2D eigenvalue weighted by Gasteiger charge is -2.14. The summed E-state index contributed by atoms with van der Waals surface area (Å²) in [5.74, 6) is 0.322. The van der Waals surface area contributed by atoms with Gasteiger partial charge in [-0.1, -0.05) is 79.0 Å². The van der Waals surface area contributed by atoms with Crippen LogP contribution < -0.4 is 0 Å². The third-order valence-electron chi connectivity index (χ3n) is 2.33. The van der Waals surface area contributed by atoms with Gasteiger partial charge < -0.3 is 10.2 Å². The average Bonchev–Trinajstić information content (AvgIpc) is 2.55. The van der Waals surface area contributed by atoms with E-state index in [1.807, 2.05) is 47.6 Å². The maximum atomic E-state index is 8.91. The maximum absolute atomic E-state index is 8.91. The van der Waals surface area contributed by atoms with Crippen molar-refractivity contribution in [3.63, 3.8) is 0 Å². The van der Waals surface area contributed by atoms with Gasteiger partial charge in [0.15, 0.2) is 0 Å². The van der Waals surface area contributed by atoms with E-state index in [2.05, 4.69) is 0 Å². The lowest BCUT2D eigenvalue weighted by atomic mass is 9.98. The van der Waals surface area contributed by atoms with Gasteiger partial charge in [0, 0.05) is 0 Å². The zero-order chi connectivity index (χ0) is 16.2. The summed E-state index contributed by atoms with van der Waals surface area (Å²) >= 11 is 0. The molecule has 120 valence electrons. The largest absolute Gasteiger partial charge is 0.508 e. The standard InChI is InChI=1S/C6H12O.C6H6O.3C2H6/c2*7-6-4-2-1-3-5-6;3*1-2/h6-7H,1-5H2;1-5,7H;3*1-2H3. The molecule has 1 aliphatic rings. The minimum Gasteiger partial charge on any atom is -0.508 e. The number of aliphatic hydroxyl groups excluding tert-OH is 1. The number of para-hydroxylation sites is 1. The predicted octanol–water partition coefficient (Wildman–Crippen LogP) is 5.78. The second-order valence-corrected chi connectivity index (χ2v) is 3.63. The van der Waals surface area contributed by atoms with E-state index in [1.165, 1.54) is 19.3 Å². The summed E-state index contributed by atoms with van der Waals surface area (Å²) in [6.07, 6.45) is 5.92. The highest BCUT2D eigenvalue weighted by Gasteiger charge is 2.07. The van der Waals surface area contributed by atoms with Crippen LogP contribution in [0.25, 0.3) is 0 Å². The number of aliphatic hydroxyl groups is 1. The number of aromatic hydroxyl groups is 1. The minimum atomic E-state index is 0.0359. The van der Waals surface area contributed by atoms with E-state index >= 15 is 0 Å². The Morgan fingerprint density at radius 3 is 1.35 bits per heavy atom. The molecule has 2 rings (SSSR count). The van der Waals surface area contributed by atoms with Crippen molar-refractivity contribution < 1.29 is 10.2 Å². The van der Waals surface area contributed by atoms with Crippen LogP contribution in [0.3, 0.4) is 0 Å². The summed E-state index contributed by atoms with van der Waals surface area (Å²) in [5, 5.41) is 17.5. The molecule has 0 heterocycles. The van der Waals surface area contributed by atoms with Gasteiger partial charge in [-0.25, -0.2) is 0 Å². The molecule has 0 unspecified atom stereocenters. The smallest absolute Gasteiger partial charge is 0.115 e. The van der Waals surface area contributed by atoms with E-state index in [4.69, 9.17) is 10.2 Å². The zero-order valence-electron chi connectivity index (χ0n) is 14.4. The SMILES string of the molecule is CC.CC.CC.OC1CCCCC1.Oc1ccccc1. The molecule has 0 spiro atoms. The Morgan fingerprint density at radius 2 is 1.15 bits per heavy atom. The van der Waals surface area contributed by atoms with Gasteiger partial charge in [0.25, 0.3) is 0 Å². The van der Waals surface area contributed by atoms with Crippen molar-refractivity contribution in [3.05, 3.63) is 30.3 Å². The topological polar surface area (TPSA) is 40.5 Å². The number of hydrogen-bond acceptors (Lipinski definition) is 2. The number of hydrogen-bond donors (Lipinski definition) is 2. The zero-order valence-corrected chi connectivity index (χ0v) is 14.4. The molecule has 1 aromatic carbocycles. The van der Waals surface area contributed by atoms with Crippen LogP contribution in [0.15, 0.2) is 30.3 Å². The van der Waals surface area contributed by atoms with Crippen molar-refractivity contribution >= 4 is 0 Å². The van der Waals surface area contributed by atoms with Gasteiger partial charge in [-0.2, -0.15) is 0 Å². The number of phenols is 1. The van der Waals surface area contributed by atoms with Crippen LogP contribution in [-0.2, 0) is 0 Å². The molecule has 0 saturated heterocycles. The third-order valence-corrected chi connectivity index (χ3v) is 2.33. The molecule has 1 aromatic rings. The van der Waals surface area contributed by atoms with Gasteiger partial charge in [-0.15, -0.1) is 0 Å². The lowest BCUT2D eigenvalue weighted by Crippen LogP contribution is -2.09. The fourth-order valence-electron chi connectivity index (χ4n) is 1.51. The van der Waals surface area contributed by atoms with Gasteiger partial charge in [0.05, 0.1) is 6.10 Å². The molecule has 0 radical (unpaired) electrons. The average molecular weight is 284 g/mol. The van der Waals surface area contributed by atoms with Crippen molar-refractivity contribution in [1.82, 2.24) is 0 Å². The molecule has 2 nitrogen and oxygen atoms in total. The Balaban J connectivity index is -0.000000211. The fourth-order valence-corrected chi connectivity index (χ4v) is 1.51. The molecule has 0 amide bonds. The Hall–Kier alpha value is -1.02. The Kier molecular flexibility index (Phi) is 27.8. The Bertz CT molecular complexity index is 228. The first-order valence-electron chi connectivity index (χ1n) is 8.21. The lowest BCUT2D eigenvalue weighted by molar-refractivity contribution is 0.130. The summed E-state index contributed by atoms with van der Waals surface area (Å²) in [4.78, 5) is 0. The molecule has 1 saturated carbocycles. The van der Waals surface area contributed by atoms with E-state index < -0.39 is 0 Å². The van der Waals surface area contributed by atoms with Crippen LogP contribution in [0.2, 0.25) is 0 Å². The summed E-state index contributed by atoms with van der Waals surface area (Å²) in [6, 6.07) is 8.71. The molecular formula is C18H36O2. The summed E-state index contributed by atoms with van der Waals surface area (Å²) in [6.45, 7) is 12.0. The van der Waals surface area contributed by atoms with Crippen molar-refractivity contribution in [2.24, 2.45) is 0 Å². The van der Waals surface area contributed by atoms with Crippen molar-refractivity contribution in [3.8, 4) is 5.75 Å². The van der Waals surface area contributed by atoms with Crippen LogP contribution in [0, 0.1) is 0 Å². The van der Waals surface area contributed by atoms with Crippen LogP contribution in [0.1, 0.15) is 73.6 Å². The van der Waals surface area contributed by atoms with Crippen molar-refractivity contribution in [2.45, 2.75) is 79.8 Å². The quantitative estimate of drug-likeness (QED) is 0.633. The van der Waals surface area contributed by atoms with Gasteiger partial charge in [0.1, 0.15) is 5.75 Å². The molecule has 20 heavy (non-hydrogen) atoms. The predicted molar refractivity (Wildman–Crippen MR) is 91.2 cm³/mol. The van der Waals surface area contributed by atoms with E-state index in [-0.39, 0.29) is 6.10 Å². The summed E-state index contributed by atoms with van der Waals surface area (Å²) in [7, 11) is 0. The van der Waals surface area contributed by atoms with Crippen LogP contribution in [0.4, 0.5) is 0 Å².